The summed E-state index contributed by atoms with van der Waals surface area (Å²) >= 11 is -0.348. The van der Waals surface area contributed by atoms with Gasteiger partial charge in [-0.1, -0.05) is 20.7 Å². The first-order valence-corrected chi connectivity index (χ1v) is 5.88. The molecular weight excluding hydrogens is 287 g/mol. The number of hydrogen-bond acceptors (Lipinski definition) is 3. The Morgan fingerprint density at radius 1 is 1.54 bits per heavy atom. The van der Waals surface area contributed by atoms with Gasteiger partial charge in [0.25, 0.3) is 0 Å². The van der Waals surface area contributed by atoms with Gasteiger partial charge in [0, 0.05) is 6.92 Å². The van der Waals surface area contributed by atoms with Gasteiger partial charge in [-0.25, -0.2) is 4.79 Å². The first-order valence-electron chi connectivity index (χ1n) is 3.39. The van der Waals surface area contributed by atoms with Crippen molar-refractivity contribution in [1.29, 1.82) is 0 Å². The molecule has 0 radical (unpaired) electrons. The molecule has 0 atom stereocenters. The summed E-state index contributed by atoms with van der Waals surface area (Å²) in [7, 11) is 0. The minimum atomic E-state index is -1.06. The summed E-state index contributed by atoms with van der Waals surface area (Å²) < 4.78 is 8.17. The molecule has 1 N–H and O–H groups in total. The molecule has 0 unspecified atom stereocenters. The second kappa shape index (κ2) is 4.31. The van der Waals surface area contributed by atoms with Gasteiger partial charge < -0.3 is 9.84 Å². The third kappa shape index (κ3) is 2.76. The Kier molecular flexibility index (Phi) is 3.35. The van der Waals surface area contributed by atoms with Gasteiger partial charge in [0.2, 0.25) is 0 Å². The molecule has 0 aromatic carbocycles. The molecule has 1 aliphatic heterocycles. The van der Waals surface area contributed by atoms with Crippen LogP contribution in [0.5, 0.6) is 0 Å². The lowest BCUT2D eigenvalue weighted by molar-refractivity contribution is -0.136. The van der Waals surface area contributed by atoms with E-state index in [1.807, 2.05) is 4.08 Å². The lowest BCUT2D eigenvalue weighted by Crippen LogP contribution is -2.09. The van der Waals surface area contributed by atoms with Gasteiger partial charge in [-0.2, -0.15) is 0 Å². The summed E-state index contributed by atoms with van der Waals surface area (Å²) in [4.78, 5) is 21.2. The van der Waals surface area contributed by atoms with Crippen LogP contribution in [-0.4, -0.2) is 21.1 Å². The highest BCUT2D eigenvalue weighted by molar-refractivity contribution is 14.2. The van der Waals surface area contributed by atoms with E-state index >= 15 is 0 Å². The molecule has 1 heterocycles. The van der Waals surface area contributed by atoms with Crippen molar-refractivity contribution in [3.63, 3.8) is 0 Å². The number of carboxylic acid groups (broad SMARTS) is 1. The van der Waals surface area contributed by atoms with E-state index in [4.69, 9.17) is 9.84 Å². The van der Waals surface area contributed by atoms with E-state index in [0.29, 0.717) is 0 Å². The van der Waals surface area contributed by atoms with Crippen LogP contribution in [0.3, 0.4) is 0 Å². The number of allylic oxidation sites excluding steroid dienone is 1. The summed E-state index contributed by atoms with van der Waals surface area (Å²) in [6.07, 6.45) is 1.54. The summed E-state index contributed by atoms with van der Waals surface area (Å²) in [6.45, 7) is 1.24. The second-order valence-corrected chi connectivity index (χ2v) is 4.27. The van der Waals surface area contributed by atoms with Crippen LogP contribution in [0, 0.1) is 0 Å². The van der Waals surface area contributed by atoms with Crippen molar-refractivity contribution in [2.45, 2.75) is 6.92 Å². The van der Waals surface area contributed by atoms with Crippen LogP contribution in [0.1, 0.15) is 6.92 Å². The summed E-state index contributed by atoms with van der Waals surface area (Å²) in [5.41, 5.74) is 0.0884. The number of hydrogen-bond donors (Lipinski definition) is 1. The van der Waals surface area contributed by atoms with E-state index in [0.717, 1.165) is 0 Å². The van der Waals surface area contributed by atoms with Crippen molar-refractivity contribution in [2.24, 2.45) is 0 Å². The van der Waals surface area contributed by atoms with Crippen LogP contribution < -0.4 is 0 Å². The van der Waals surface area contributed by atoms with Crippen LogP contribution in [0.15, 0.2) is 21.5 Å². The summed E-state index contributed by atoms with van der Waals surface area (Å²) in [5, 5.41) is 8.72. The molecule has 0 bridgehead atoms. The van der Waals surface area contributed by atoms with E-state index < -0.39 is 11.9 Å². The number of halogens is 1. The van der Waals surface area contributed by atoms with Crippen LogP contribution in [0.25, 0.3) is 0 Å². The number of carbonyl (C=O) groups excluding carboxylic acids is 1. The molecule has 70 valence electrons. The quantitative estimate of drug-likeness (QED) is 0.614. The Morgan fingerprint density at radius 3 is 2.77 bits per heavy atom. The van der Waals surface area contributed by atoms with Crippen LogP contribution in [-0.2, 0) is 14.3 Å². The lowest BCUT2D eigenvalue weighted by Gasteiger charge is -2.06. The van der Waals surface area contributed by atoms with Crippen molar-refractivity contribution < 1.29 is 19.4 Å². The van der Waals surface area contributed by atoms with Gasteiger partial charge in [0.1, 0.15) is 11.3 Å². The molecule has 0 amide bonds. The molecule has 1 rings (SSSR count). The van der Waals surface area contributed by atoms with Gasteiger partial charge >= 0.3 is 11.9 Å². The van der Waals surface area contributed by atoms with E-state index in [-0.39, 0.29) is 32.1 Å². The third-order valence-corrected chi connectivity index (χ3v) is 2.97. The predicted octanol–water partition coefficient (Wildman–Crippen LogP) is 1.19. The number of aliphatic carboxylic acids is 1. The molecule has 13 heavy (non-hydrogen) atoms. The third-order valence-electron chi connectivity index (χ3n) is 1.21. The SMILES string of the molecule is CC(=O)OC1=C(C(=O)O)C=IC=C1. The molecular formula is C8H7IO4. The maximum Gasteiger partial charge on any atom is 0.339 e. The molecule has 0 spiro atoms. The van der Waals surface area contributed by atoms with Crippen molar-refractivity contribution in [3.05, 3.63) is 21.5 Å². The Morgan fingerprint density at radius 2 is 2.23 bits per heavy atom. The van der Waals surface area contributed by atoms with Crippen LogP contribution in [0.4, 0.5) is 0 Å². The zero-order valence-corrected chi connectivity index (χ0v) is 8.94. The van der Waals surface area contributed by atoms with E-state index in [2.05, 4.69) is 0 Å². The highest BCUT2D eigenvalue weighted by atomic mass is 127. The monoisotopic (exact) mass is 294 g/mol. The standard InChI is InChI=1S/C8H7IO4/c1-5(10)13-7-2-3-9-4-6(7)8(11)12/h2-4H,1H3,(H,11,12). The van der Waals surface area contributed by atoms with Crippen molar-refractivity contribution in [3.8, 4) is 0 Å². The van der Waals surface area contributed by atoms with Crippen LogP contribution >= 0.6 is 20.7 Å². The van der Waals surface area contributed by atoms with Gasteiger partial charge in [-0.15, -0.1) is 0 Å². The highest BCUT2D eigenvalue weighted by Gasteiger charge is 2.14. The lowest BCUT2D eigenvalue weighted by atomic mass is 10.2. The van der Waals surface area contributed by atoms with Gasteiger partial charge in [0.15, 0.2) is 0 Å². The minimum absolute atomic E-state index is 0.0884. The average molecular weight is 294 g/mol. The van der Waals surface area contributed by atoms with Crippen molar-refractivity contribution in [1.82, 2.24) is 0 Å². The number of ether oxygens (including phenoxy) is 1. The Balaban J connectivity index is 2.99. The van der Waals surface area contributed by atoms with Crippen molar-refractivity contribution in [2.75, 3.05) is 0 Å². The molecule has 0 saturated carbocycles. The molecule has 0 aromatic heterocycles. The Labute approximate surface area is 84.6 Å². The molecule has 1 aliphatic rings. The van der Waals surface area contributed by atoms with E-state index in [1.54, 1.807) is 4.01 Å². The van der Waals surface area contributed by atoms with Gasteiger partial charge in [0.05, 0.1) is 0 Å². The smallest absolute Gasteiger partial charge is 0.339 e. The molecule has 4 nitrogen and oxygen atoms in total. The molecule has 0 fully saturated rings. The fraction of sp³-hybridized carbons (Fsp3) is 0.125. The topological polar surface area (TPSA) is 63.6 Å². The average Bonchev–Trinajstić information content (AvgIpc) is 2.03. The van der Waals surface area contributed by atoms with E-state index in [9.17, 15) is 9.59 Å². The predicted molar refractivity (Wildman–Crippen MR) is 55.7 cm³/mol. The Hall–Kier alpha value is -0.980. The van der Waals surface area contributed by atoms with Crippen molar-refractivity contribution >= 4 is 36.7 Å². The van der Waals surface area contributed by atoms with Gasteiger partial charge in [-0.3, -0.25) is 4.79 Å². The summed E-state index contributed by atoms with van der Waals surface area (Å²) in [6, 6.07) is 0. The fourth-order valence-corrected chi connectivity index (χ4v) is 2.41. The molecule has 0 saturated heterocycles. The molecule has 0 aromatic rings. The normalized spacial score (nSPS) is 15.2. The number of carbonyl (C=O) groups is 2. The second-order valence-electron chi connectivity index (χ2n) is 2.20. The van der Waals surface area contributed by atoms with Gasteiger partial charge in [-0.05, 0) is 14.2 Å². The first-order chi connectivity index (χ1) is 6.11. The minimum Gasteiger partial charge on any atom is -0.478 e. The number of carboxylic acids is 1. The zero-order valence-electron chi connectivity index (χ0n) is 6.78. The number of esters is 1. The van der Waals surface area contributed by atoms with Crippen LogP contribution in [0.2, 0.25) is 0 Å². The summed E-state index contributed by atoms with van der Waals surface area (Å²) in [5.74, 6) is -1.43. The number of rotatable bonds is 2. The maximum atomic E-state index is 10.6. The van der Waals surface area contributed by atoms with E-state index in [1.165, 1.54) is 13.0 Å². The molecule has 5 heteroatoms. The fourth-order valence-electron chi connectivity index (χ4n) is 0.732. The first kappa shape index (κ1) is 10.1. The Bertz CT molecular complexity index is 338. The molecule has 0 aliphatic carbocycles. The largest absolute Gasteiger partial charge is 0.478 e. The maximum absolute atomic E-state index is 10.6. The highest BCUT2D eigenvalue weighted by Crippen LogP contribution is 2.17. The zero-order chi connectivity index (χ0) is 9.84.